The summed E-state index contributed by atoms with van der Waals surface area (Å²) >= 11 is 0. The minimum atomic E-state index is -0.0291. The Hall–Kier alpha value is -1.40. The molecule has 2 aliphatic rings. The number of nitrogens with zero attached hydrogens (tertiary/aromatic N) is 3. The van der Waals surface area contributed by atoms with Gasteiger partial charge in [-0.2, -0.15) is 0 Å². The Morgan fingerprint density at radius 2 is 2.09 bits per heavy atom. The van der Waals surface area contributed by atoms with Gasteiger partial charge in [-0.1, -0.05) is 32.3 Å². The third-order valence-electron chi connectivity index (χ3n) is 5.06. The molecule has 0 aliphatic carbocycles. The maximum absolute atomic E-state index is 12.7. The summed E-state index contributed by atoms with van der Waals surface area (Å²) in [7, 11) is 0. The van der Waals surface area contributed by atoms with E-state index in [1.54, 1.807) is 6.07 Å². The van der Waals surface area contributed by atoms with E-state index in [0.717, 1.165) is 51.5 Å². The second-order valence-electron chi connectivity index (χ2n) is 6.86. The van der Waals surface area contributed by atoms with E-state index in [1.165, 1.54) is 0 Å². The molecule has 0 saturated carbocycles. The Morgan fingerprint density at radius 1 is 1.35 bits per heavy atom. The van der Waals surface area contributed by atoms with Gasteiger partial charge in [-0.15, -0.1) is 0 Å². The standard InChI is InChI=1S/C17H27N3O3/c1-4-13-10-20(11-15(13)19-5-7-22-8-6-19)17(21)16-9-14(12(2)3)18-23-16/h9,12-13,15H,4-8,10-11H2,1-3H3/t13-,15+/m1/s1. The van der Waals surface area contributed by atoms with E-state index >= 15 is 0 Å². The average Bonchev–Trinajstić information content (AvgIpc) is 3.22. The highest BCUT2D eigenvalue weighted by Gasteiger charge is 2.39. The molecule has 3 rings (SSSR count). The molecule has 6 heteroatoms. The third-order valence-corrected chi connectivity index (χ3v) is 5.06. The van der Waals surface area contributed by atoms with E-state index in [0.29, 0.717) is 17.7 Å². The fraction of sp³-hybridized carbons (Fsp3) is 0.765. The average molecular weight is 321 g/mol. The van der Waals surface area contributed by atoms with E-state index in [9.17, 15) is 4.79 Å². The van der Waals surface area contributed by atoms with Crippen LogP contribution in [0.3, 0.4) is 0 Å². The van der Waals surface area contributed by atoms with Gasteiger partial charge in [-0.05, 0) is 11.8 Å². The first-order valence-electron chi connectivity index (χ1n) is 8.67. The van der Waals surface area contributed by atoms with Crippen LogP contribution in [0.5, 0.6) is 0 Å². The summed E-state index contributed by atoms with van der Waals surface area (Å²) in [4.78, 5) is 17.1. The topological polar surface area (TPSA) is 58.8 Å². The number of morpholine rings is 1. The molecule has 1 aromatic heterocycles. The molecule has 2 fully saturated rings. The fourth-order valence-electron chi connectivity index (χ4n) is 3.56. The van der Waals surface area contributed by atoms with Crippen LogP contribution in [0.25, 0.3) is 0 Å². The van der Waals surface area contributed by atoms with Crippen molar-refractivity contribution in [3.8, 4) is 0 Å². The summed E-state index contributed by atoms with van der Waals surface area (Å²) in [5.74, 6) is 1.12. The van der Waals surface area contributed by atoms with E-state index in [1.807, 2.05) is 18.7 Å². The number of hydrogen-bond acceptors (Lipinski definition) is 5. The van der Waals surface area contributed by atoms with Gasteiger partial charge in [0, 0.05) is 38.3 Å². The zero-order valence-corrected chi connectivity index (χ0v) is 14.3. The molecular formula is C17H27N3O3. The molecule has 3 heterocycles. The summed E-state index contributed by atoms with van der Waals surface area (Å²) in [5, 5.41) is 4.01. The lowest BCUT2D eigenvalue weighted by Crippen LogP contribution is -2.47. The first-order chi connectivity index (χ1) is 11.1. The summed E-state index contributed by atoms with van der Waals surface area (Å²) < 4.78 is 10.7. The lowest BCUT2D eigenvalue weighted by atomic mass is 9.99. The predicted octanol–water partition coefficient (Wildman–Crippen LogP) is 1.98. The van der Waals surface area contributed by atoms with Crippen molar-refractivity contribution >= 4 is 5.91 Å². The van der Waals surface area contributed by atoms with Crippen molar-refractivity contribution in [3.05, 3.63) is 17.5 Å². The van der Waals surface area contributed by atoms with Crippen molar-refractivity contribution in [2.45, 2.75) is 39.2 Å². The highest BCUT2D eigenvalue weighted by Crippen LogP contribution is 2.27. The number of amides is 1. The van der Waals surface area contributed by atoms with Gasteiger partial charge >= 0.3 is 0 Å². The van der Waals surface area contributed by atoms with E-state index in [2.05, 4.69) is 17.0 Å². The van der Waals surface area contributed by atoms with Crippen LogP contribution in [0, 0.1) is 5.92 Å². The third kappa shape index (κ3) is 3.43. The minimum Gasteiger partial charge on any atom is -0.379 e. The lowest BCUT2D eigenvalue weighted by molar-refractivity contribution is 0.0102. The molecule has 23 heavy (non-hydrogen) atoms. The zero-order valence-electron chi connectivity index (χ0n) is 14.3. The Kier molecular flexibility index (Phi) is 5.02. The number of hydrogen-bond donors (Lipinski definition) is 0. The van der Waals surface area contributed by atoms with Crippen molar-refractivity contribution in [1.82, 2.24) is 15.0 Å². The van der Waals surface area contributed by atoms with Gasteiger partial charge in [0.2, 0.25) is 5.76 Å². The van der Waals surface area contributed by atoms with Crippen LogP contribution in [-0.4, -0.2) is 66.3 Å². The van der Waals surface area contributed by atoms with Gasteiger partial charge in [0.05, 0.1) is 18.9 Å². The Labute approximate surface area is 137 Å². The monoisotopic (exact) mass is 321 g/mol. The zero-order chi connectivity index (χ0) is 16.4. The first-order valence-corrected chi connectivity index (χ1v) is 8.67. The van der Waals surface area contributed by atoms with Crippen LogP contribution in [0.1, 0.15) is 49.4 Å². The Balaban J connectivity index is 1.69. The lowest BCUT2D eigenvalue weighted by Gasteiger charge is -2.34. The van der Waals surface area contributed by atoms with Crippen molar-refractivity contribution in [2.75, 3.05) is 39.4 Å². The summed E-state index contributed by atoms with van der Waals surface area (Å²) in [5.41, 5.74) is 0.837. The number of carbonyl (C=O) groups is 1. The molecule has 1 amide bonds. The minimum absolute atomic E-state index is 0.0291. The van der Waals surface area contributed by atoms with Crippen LogP contribution < -0.4 is 0 Å². The van der Waals surface area contributed by atoms with Gasteiger partial charge in [-0.25, -0.2) is 0 Å². The summed E-state index contributed by atoms with van der Waals surface area (Å²) in [6.07, 6.45) is 1.08. The largest absolute Gasteiger partial charge is 0.379 e. The molecule has 6 nitrogen and oxygen atoms in total. The molecule has 1 aromatic rings. The van der Waals surface area contributed by atoms with Crippen molar-refractivity contribution in [1.29, 1.82) is 0 Å². The molecule has 0 aromatic carbocycles. The fourth-order valence-corrected chi connectivity index (χ4v) is 3.56. The van der Waals surface area contributed by atoms with Crippen molar-refractivity contribution < 1.29 is 14.1 Å². The molecule has 0 N–H and O–H groups in total. The number of likely N-dealkylation sites (tertiary alicyclic amines) is 1. The van der Waals surface area contributed by atoms with Crippen LogP contribution >= 0.6 is 0 Å². The second-order valence-corrected chi connectivity index (χ2v) is 6.86. The summed E-state index contributed by atoms with van der Waals surface area (Å²) in [6, 6.07) is 2.22. The Morgan fingerprint density at radius 3 is 2.70 bits per heavy atom. The Bertz CT molecular complexity index is 537. The van der Waals surface area contributed by atoms with Gasteiger partial charge in [-0.3, -0.25) is 9.69 Å². The van der Waals surface area contributed by atoms with Gasteiger partial charge in [0.25, 0.3) is 5.91 Å². The van der Waals surface area contributed by atoms with Crippen LogP contribution in [-0.2, 0) is 4.74 Å². The van der Waals surface area contributed by atoms with Crippen molar-refractivity contribution in [3.63, 3.8) is 0 Å². The molecule has 0 unspecified atom stereocenters. The molecule has 0 radical (unpaired) electrons. The highest BCUT2D eigenvalue weighted by molar-refractivity contribution is 5.91. The van der Waals surface area contributed by atoms with E-state index in [-0.39, 0.29) is 11.8 Å². The molecule has 2 aliphatic heterocycles. The normalized spacial score (nSPS) is 26.2. The first kappa shape index (κ1) is 16.5. The van der Waals surface area contributed by atoms with E-state index < -0.39 is 0 Å². The maximum Gasteiger partial charge on any atom is 0.292 e. The molecule has 2 atom stereocenters. The smallest absolute Gasteiger partial charge is 0.292 e. The number of rotatable bonds is 4. The second kappa shape index (κ2) is 7.01. The van der Waals surface area contributed by atoms with Crippen LogP contribution in [0.15, 0.2) is 10.6 Å². The molecule has 2 saturated heterocycles. The van der Waals surface area contributed by atoms with Gasteiger partial charge in [0.15, 0.2) is 0 Å². The van der Waals surface area contributed by atoms with Gasteiger partial charge < -0.3 is 14.2 Å². The van der Waals surface area contributed by atoms with E-state index in [4.69, 9.17) is 9.26 Å². The SMILES string of the molecule is CC[C@@H]1CN(C(=O)c2cc(C(C)C)no2)C[C@@H]1N1CCOCC1. The van der Waals surface area contributed by atoms with Gasteiger partial charge in [0.1, 0.15) is 0 Å². The number of ether oxygens (including phenoxy) is 1. The molecular weight excluding hydrogens is 294 g/mol. The van der Waals surface area contributed by atoms with Crippen LogP contribution in [0.4, 0.5) is 0 Å². The quantitative estimate of drug-likeness (QED) is 0.849. The molecule has 0 bridgehead atoms. The highest BCUT2D eigenvalue weighted by atomic mass is 16.5. The van der Waals surface area contributed by atoms with Crippen molar-refractivity contribution in [2.24, 2.45) is 5.92 Å². The number of carbonyl (C=O) groups excluding carboxylic acids is 1. The maximum atomic E-state index is 12.7. The molecule has 128 valence electrons. The predicted molar refractivity (Wildman–Crippen MR) is 86.5 cm³/mol. The number of aromatic nitrogens is 1. The van der Waals surface area contributed by atoms with Crippen LogP contribution in [0.2, 0.25) is 0 Å². The summed E-state index contributed by atoms with van der Waals surface area (Å²) in [6.45, 7) is 11.4. The molecule has 0 spiro atoms.